The van der Waals surface area contributed by atoms with Gasteiger partial charge in [-0.1, -0.05) is 54.6 Å². The van der Waals surface area contributed by atoms with Crippen LogP contribution in [0.5, 0.6) is 0 Å². The summed E-state index contributed by atoms with van der Waals surface area (Å²) in [6.45, 7) is 0.924. The number of nitrogens with zero attached hydrogens (tertiary/aromatic N) is 1. The van der Waals surface area contributed by atoms with E-state index in [4.69, 9.17) is 9.47 Å². The zero-order valence-electron chi connectivity index (χ0n) is 18.4. The molecular formula is C28H23F2NO3. The van der Waals surface area contributed by atoms with Crippen LogP contribution in [-0.4, -0.2) is 42.9 Å². The summed E-state index contributed by atoms with van der Waals surface area (Å²) >= 11 is 0. The molecule has 3 aromatic carbocycles. The minimum absolute atomic E-state index is 0.0152. The highest BCUT2D eigenvalue weighted by atomic mass is 19.1. The molecule has 1 fully saturated rings. The number of carbonyl (C=O) groups is 1. The molecule has 34 heavy (non-hydrogen) atoms. The first-order chi connectivity index (χ1) is 16.6. The van der Waals surface area contributed by atoms with Gasteiger partial charge in [0.2, 0.25) is 0 Å². The fourth-order valence-corrected chi connectivity index (χ4v) is 5.50. The van der Waals surface area contributed by atoms with Crippen molar-refractivity contribution >= 4 is 11.7 Å². The van der Waals surface area contributed by atoms with Crippen molar-refractivity contribution in [2.75, 3.05) is 19.8 Å². The monoisotopic (exact) mass is 459 g/mol. The van der Waals surface area contributed by atoms with Gasteiger partial charge in [-0.3, -0.25) is 4.90 Å². The van der Waals surface area contributed by atoms with Crippen molar-refractivity contribution in [2.45, 2.75) is 24.4 Å². The Morgan fingerprint density at radius 1 is 0.941 bits per heavy atom. The number of benzene rings is 3. The molecule has 0 radical (unpaired) electrons. The van der Waals surface area contributed by atoms with E-state index in [1.807, 2.05) is 30.3 Å². The third-order valence-electron chi connectivity index (χ3n) is 6.98. The van der Waals surface area contributed by atoms with Gasteiger partial charge >= 0.3 is 6.09 Å². The Kier molecular flexibility index (Phi) is 5.18. The Bertz CT molecular complexity index is 1240. The molecule has 1 aliphatic carbocycles. The molecule has 4 nitrogen and oxygen atoms in total. The molecule has 0 aromatic heterocycles. The number of ether oxygens (including phenoxy) is 2. The second kappa shape index (κ2) is 8.37. The first-order valence-electron chi connectivity index (χ1n) is 11.5. The van der Waals surface area contributed by atoms with Gasteiger partial charge in [-0.2, -0.15) is 0 Å². The number of morpholine rings is 1. The molecule has 2 heterocycles. The van der Waals surface area contributed by atoms with Crippen LogP contribution in [0.25, 0.3) is 16.7 Å². The molecule has 6 heteroatoms. The van der Waals surface area contributed by atoms with E-state index in [2.05, 4.69) is 24.3 Å². The maximum atomic E-state index is 13.8. The molecule has 2 aliphatic heterocycles. The average Bonchev–Trinajstić information content (AvgIpc) is 3.15. The summed E-state index contributed by atoms with van der Waals surface area (Å²) < 4.78 is 39.1. The Hall–Kier alpha value is -3.51. The number of rotatable bonds is 3. The van der Waals surface area contributed by atoms with Gasteiger partial charge in [0, 0.05) is 12.0 Å². The van der Waals surface area contributed by atoms with E-state index in [-0.39, 0.29) is 30.7 Å². The minimum atomic E-state index is -0.615. The van der Waals surface area contributed by atoms with E-state index < -0.39 is 11.6 Å². The number of fused-ring (bicyclic) bond motifs is 5. The highest BCUT2D eigenvalue weighted by Gasteiger charge is 2.40. The smallest absolute Gasteiger partial charge is 0.410 e. The molecule has 6 rings (SSSR count). The Labute approximate surface area is 196 Å². The second-order valence-electron chi connectivity index (χ2n) is 9.02. The van der Waals surface area contributed by atoms with Crippen molar-refractivity contribution in [1.29, 1.82) is 0 Å². The Morgan fingerprint density at radius 2 is 1.59 bits per heavy atom. The van der Waals surface area contributed by atoms with Crippen molar-refractivity contribution in [3.05, 3.63) is 101 Å². The second-order valence-corrected chi connectivity index (χ2v) is 9.02. The Balaban J connectivity index is 1.22. The van der Waals surface area contributed by atoms with Crippen LogP contribution >= 0.6 is 0 Å². The van der Waals surface area contributed by atoms with Crippen LogP contribution in [0.3, 0.4) is 0 Å². The lowest BCUT2D eigenvalue weighted by Crippen LogP contribution is -2.56. The van der Waals surface area contributed by atoms with Gasteiger partial charge < -0.3 is 9.47 Å². The maximum absolute atomic E-state index is 13.8. The van der Waals surface area contributed by atoms with E-state index >= 15 is 0 Å². The maximum Gasteiger partial charge on any atom is 0.410 e. The van der Waals surface area contributed by atoms with E-state index in [0.717, 1.165) is 22.8 Å². The lowest BCUT2D eigenvalue weighted by molar-refractivity contribution is -0.0331. The summed E-state index contributed by atoms with van der Waals surface area (Å²) in [6, 6.07) is 19.4. The van der Waals surface area contributed by atoms with Crippen LogP contribution < -0.4 is 0 Å². The largest absolute Gasteiger partial charge is 0.448 e. The zero-order valence-corrected chi connectivity index (χ0v) is 18.4. The topological polar surface area (TPSA) is 38.8 Å². The fraction of sp³-hybridized carbons (Fsp3) is 0.250. The van der Waals surface area contributed by atoms with Crippen molar-refractivity contribution in [2.24, 2.45) is 0 Å². The standard InChI is InChI=1S/C28H23F2NO3/c29-19-9-17(10-20(30)13-19)18-11-21-14-33-15-22(12-18)31(21)28(32)34-16-27-25-7-3-1-5-23(25)24-6-2-4-8-26(24)27/h1-11,13,21-22,27H,12,14-16H2. The van der Waals surface area contributed by atoms with Gasteiger partial charge in [0.15, 0.2) is 0 Å². The molecule has 0 spiro atoms. The third-order valence-corrected chi connectivity index (χ3v) is 6.98. The van der Waals surface area contributed by atoms with E-state index in [0.29, 0.717) is 25.2 Å². The molecule has 2 bridgehead atoms. The summed E-state index contributed by atoms with van der Waals surface area (Å²) in [5, 5.41) is 0. The first-order valence-corrected chi connectivity index (χ1v) is 11.5. The van der Waals surface area contributed by atoms with Gasteiger partial charge in [0.1, 0.15) is 18.2 Å². The lowest BCUT2D eigenvalue weighted by atomic mass is 9.90. The van der Waals surface area contributed by atoms with E-state index in [1.165, 1.54) is 23.3 Å². The summed E-state index contributed by atoms with van der Waals surface area (Å²) in [4.78, 5) is 15.0. The minimum Gasteiger partial charge on any atom is -0.448 e. The third kappa shape index (κ3) is 3.59. The van der Waals surface area contributed by atoms with Crippen LogP contribution in [0.2, 0.25) is 0 Å². The van der Waals surface area contributed by atoms with E-state index in [9.17, 15) is 13.6 Å². The number of carbonyl (C=O) groups excluding carboxylic acids is 1. The first kappa shape index (κ1) is 21.1. The number of halogens is 2. The molecule has 3 aromatic rings. The molecule has 172 valence electrons. The van der Waals surface area contributed by atoms with Gasteiger partial charge in [0.25, 0.3) is 0 Å². The highest BCUT2D eigenvalue weighted by molar-refractivity contribution is 5.79. The summed E-state index contributed by atoms with van der Waals surface area (Å²) in [6.07, 6.45) is 1.93. The van der Waals surface area contributed by atoms with Crippen LogP contribution in [0.1, 0.15) is 29.0 Å². The van der Waals surface area contributed by atoms with Crippen LogP contribution in [0, 0.1) is 11.6 Å². The highest BCUT2D eigenvalue weighted by Crippen LogP contribution is 2.44. The van der Waals surface area contributed by atoms with Gasteiger partial charge in [-0.25, -0.2) is 13.6 Å². The van der Waals surface area contributed by atoms with Gasteiger partial charge in [-0.15, -0.1) is 0 Å². The number of amides is 1. The normalized spacial score (nSPS) is 21.0. The Morgan fingerprint density at radius 3 is 2.24 bits per heavy atom. The van der Waals surface area contributed by atoms with Crippen molar-refractivity contribution in [3.8, 4) is 11.1 Å². The molecule has 1 amide bonds. The molecular weight excluding hydrogens is 436 g/mol. The van der Waals surface area contributed by atoms with Crippen LogP contribution in [-0.2, 0) is 9.47 Å². The SMILES string of the molecule is O=C(OCC1c2ccccc2-c2ccccc21)N1C2C=C(c3cc(F)cc(F)c3)CC1COC2. The van der Waals surface area contributed by atoms with Gasteiger partial charge in [-0.05, 0) is 51.9 Å². The molecule has 3 aliphatic rings. The lowest BCUT2D eigenvalue weighted by Gasteiger charge is -2.44. The molecule has 2 atom stereocenters. The molecule has 2 unspecified atom stereocenters. The molecule has 0 saturated carbocycles. The van der Waals surface area contributed by atoms with Crippen molar-refractivity contribution in [3.63, 3.8) is 0 Å². The van der Waals surface area contributed by atoms with Crippen molar-refractivity contribution in [1.82, 2.24) is 4.90 Å². The van der Waals surface area contributed by atoms with Crippen molar-refractivity contribution < 1.29 is 23.0 Å². The fourth-order valence-electron chi connectivity index (χ4n) is 5.50. The average molecular weight is 459 g/mol. The van der Waals surface area contributed by atoms with Crippen LogP contribution in [0.15, 0.2) is 72.8 Å². The summed E-state index contributed by atoms with van der Waals surface area (Å²) in [5.74, 6) is -1.24. The van der Waals surface area contributed by atoms with Crippen LogP contribution in [0.4, 0.5) is 13.6 Å². The quantitative estimate of drug-likeness (QED) is 0.499. The zero-order chi connectivity index (χ0) is 23.2. The number of hydrogen-bond donors (Lipinski definition) is 0. The molecule has 0 N–H and O–H groups in total. The summed E-state index contributed by atoms with van der Waals surface area (Å²) in [7, 11) is 0. The van der Waals surface area contributed by atoms with E-state index in [1.54, 1.807) is 4.90 Å². The number of hydrogen-bond acceptors (Lipinski definition) is 3. The molecule has 1 saturated heterocycles. The predicted molar refractivity (Wildman–Crippen MR) is 124 cm³/mol. The predicted octanol–water partition coefficient (Wildman–Crippen LogP) is 5.77. The summed E-state index contributed by atoms with van der Waals surface area (Å²) in [5.41, 5.74) is 6.00. The van der Waals surface area contributed by atoms with Gasteiger partial charge in [0.05, 0.1) is 25.3 Å².